The normalized spacial score (nSPS) is 16.1. The van der Waals surface area contributed by atoms with Crippen LogP contribution in [0.25, 0.3) is 0 Å². The van der Waals surface area contributed by atoms with Gasteiger partial charge in [-0.25, -0.2) is 8.42 Å². The predicted molar refractivity (Wildman–Crippen MR) is 121 cm³/mol. The predicted octanol–water partition coefficient (Wildman–Crippen LogP) is 3.46. The molecule has 3 aromatic carbocycles. The summed E-state index contributed by atoms with van der Waals surface area (Å²) in [4.78, 5) is 13.2. The van der Waals surface area contributed by atoms with Gasteiger partial charge in [0.1, 0.15) is 22.4 Å². The van der Waals surface area contributed by atoms with Gasteiger partial charge in [0.25, 0.3) is 0 Å². The van der Waals surface area contributed by atoms with Gasteiger partial charge in [0.05, 0.1) is 14.2 Å². The number of fused-ring (bicyclic) bond motifs is 1. The smallest absolute Gasteiger partial charge is 0.247 e. The van der Waals surface area contributed by atoms with Gasteiger partial charge >= 0.3 is 0 Å². The molecule has 1 amide bonds. The van der Waals surface area contributed by atoms with Crippen LogP contribution in [0.15, 0.2) is 77.7 Å². The van der Waals surface area contributed by atoms with Crippen molar-refractivity contribution in [3.8, 4) is 11.5 Å². The lowest BCUT2D eigenvalue weighted by atomic mass is 9.95. The average molecular weight is 453 g/mol. The Morgan fingerprint density at radius 3 is 2.31 bits per heavy atom. The zero-order valence-corrected chi connectivity index (χ0v) is 18.6. The monoisotopic (exact) mass is 452 g/mol. The molecule has 0 unspecified atom stereocenters. The third-order valence-corrected chi connectivity index (χ3v) is 7.38. The van der Waals surface area contributed by atoms with E-state index in [1.165, 1.54) is 24.6 Å². The summed E-state index contributed by atoms with van der Waals surface area (Å²) >= 11 is 0. The largest absolute Gasteiger partial charge is 0.497 e. The number of sulfonamides is 1. The van der Waals surface area contributed by atoms with Crippen molar-refractivity contribution in [2.75, 3.05) is 19.5 Å². The van der Waals surface area contributed by atoms with E-state index in [0.29, 0.717) is 11.4 Å². The van der Waals surface area contributed by atoms with Crippen molar-refractivity contribution in [1.82, 2.24) is 4.31 Å². The van der Waals surface area contributed by atoms with Crippen molar-refractivity contribution in [3.63, 3.8) is 0 Å². The molecule has 0 saturated carbocycles. The molecule has 166 valence electrons. The SMILES string of the molecule is COc1ccc(OC)c(S(=O)(=O)N2Cc3ccccc3C[C@H]2C(=O)Nc2ccccc2)c1. The Hall–Kier alpha value is -3.36. The number of carbonyl (C=O) groups is 1. The van der Waals surface area contributed by atoms with Crippen molar-refractivity contribution in [2.45, 2.75) is 23.9 Å². The first-order chi connectivity index (χ1) is 15.4. The van der Waals surface area contributed by atoms with Gasteiger partial charge < -0.3 is 14.8 Å². The topological polar surface area (TPSA) is 84.9 Å². The molecule has 1 N–H and O–H groups in total. The summed E-state index contributed by atoms with van der Waals surface area (Å²) in [6.45, 7) is 0.0751. The minimum Gasteiger partial charge on any atom is -0.497 e. The molecule has 32 heavy (non-hydrogen) atoms. The first kappa shape index (κ1) is 21.9. The van der Waals surface area contributed by atoms with E-state index in [9.17, 15) is 13.2 Å². The van der Waals surface area contributed by atoms with Crippen LogP contribution in [-0.2, 0) is 27.8 Å². The molecule has 0 aliphatic carbocycles. The second-order valence-electron chi connectivity index (χ2n) is 7.41. The number of carbonyl (C=O) groups excluding carboxylic acids is 1. The highest BCUT2D eigenvalue weighted by Crippen LogP contribution is 2.35. The highest BCUT2D eigenvalue weighted by atomic mass is 32.2. The quantitative estimate of drug-likeness (QED) is 0.619. The number of para-hydroxylation sites is 1. The van der Waals surface area contributed by atoms with Crippen LogP contribution in [0, 0.1) is 0 Å². The van der Waals surface area contributed by atoms with Crippen LogP contribution in [0.3, 0.4) is 0 Å². The van der Waals surface area contributed by atoms with E-state index in [1.54, 1.807) is 36.4 Å². The number of nitrogens with one attached hydrogen (secondary N) is 1. The number of hydrogen-bond donors (Lipinski definition) is 1. The van der Waals surface area contributed by atoms with E-state index in [4.69, 9.17) is 9.47 Å². The summed E-state index contributed by atoms with van der Waals surface area (Å²) in [5, 5.41) is 2.85. The standard InChI is InChI=1S/C24H24N2O5S/c1-30-20-12-13-22(31-2)23(15-20)32(28,29)26-16-18-9-7-6-8-17(18)14-21(26)24(27)25-19-10-4-3-5-11-19/h3-13,15,21H,14,16H2,1-2H3,(H,25,27)/t21-/m0/s1. The number of methoxy groups -OCH3 is 2. The molecule has 0 saturated heterocycles. The summed E-state index contributed by atoms with van der Waals surface area (Å²) < 4.78 is 39.4. The van der Waals surface area contributed by atoms with Gasteiger partial charge in [-0.1, -0.05) is 42.5 Å². The Morgan fingerprint density at radius 2 is 1.62 bits per heavy atom. The summed E-state index contributed by atoms with van der Waals surface area (Å²) in [5.74, 6) is 0.176. The highest BCUT2D eigenvalue weighted by Gasteiger charge is 2.41. The number of rotatable bonds is 6. The van der Waals surface area contributed by atoms with E-state index in [-0.39, 0.29) is 23.6 Å². The first-order valence-electron chi connectivity index (χ1n) is 10.1. The minimum atomic E-state index is -4.10. The molecule has 0 radical (unpaired) electrons. The van der Waals surface area contributed by atoms with Gasteiger partial charge in [0.15, 0.2) is 0 Å². The lowest BCUT2D eigenvalue weighted by molar-refractivity contribution is -0.120. The Morgan fingerprint density at radius 1 is 0.938 bits per heavy atom. The lowest BCUT2D eigenvalue weighted by Gasteiger charge is -2.35. The number of hydrogen-bond acceptors (Lipinski definition) is 5. The maximum atomic E-state index is 13.8. The van der Waals surface area contributed by atoms with Crippen molar-refractivity contribution in [3.05, 3.63) is 83.9 Å². The summed E-state index contributed by atoms with van der Waals surface area (Å²) in [6.07, 6.45) is 0.264. The van der Waals surface area contributed by atoms with Crippen LogP contribution in [0.1, 0.15) is 11.1 Å². The molecular formula is C24H24N2O5S. The number of benzene rings is 3. The molecule has 0 aromatic heterocycles. The van der Waals surface area contributed by atoms with Gasteiger partial charge in [-0.15, -0.1) is 0 Å². The molecule has 1 heterocycles. The van der Waals surface area contributed by atoms with Crippen molar-refractivity contribution in [1.29, 1.82) is 0 Å². The van der Waals surface area contributed by atoms with Crippen LogP contribution in [0.5, 0.6) is 11.5 Å². The fraction of sp³-hybridized carbons (Fsp3) is 0.208. The van der Waals surface area contributed by atoms with Crippen LogP contribution in [0.2, 0.25) is 0 Å². The maximum Gasteiger partial charge on any atom is 0.247 e. The maximum absolute atomic E-state index is 13.8. The van der Waals surface area contributed by atoms with Crippen LogP contribution >= 0.6 is 0 Å². The Balaban J connectivity index is 1.77. The average Bonchev–Trinajstić information content (AvgIpc) is 2.83. The highest BCUT2D eigenvalue weighted by molar-refractivity contribution is 7.89. The Bertz CT molecular complexity index is 1230. The van der Waals surface area contributed by atoms with Gasteiger partial charge in [0.2, 0.25) is 15.9 Å². The van der Waals surface area contributed by atoms with Gasteiger partial charge in [0, 0.05) is 18.3 Å². The molecule has 0 fully saturated rings. The van der Waals surface area contributed by atoms with Crippen LogP contribution in [-0.4, -0.2) is 38.9 Å². The van der Waals surface area contributed by atoms with Crippen molar-refractivity contribution >= 4 is 21.6 Å². The van der Waals surface area contributed by atoms with Gasteiger partial charge in [-0.2, -0.15) is 4.31 Å². The molecule has 0 bridgehead atoms. The van der Waals surface area contributed by atoms with E-state index >= 15 is 0 Å². The van der Waals surface area contributed by atoms with Crippen LogP contribution < -0.4 is 14.8 Å². The Labute approximate surface area is 187 Å². The zero-order chi connectivity index (χ0) is 22.7. The second kappa shape index (κ2) is 9.02. The number of amides is 1. The minimum absolute atomic E-state index is 0.0451. The third-order valence-electron chi connectivity index (χ3n) is 5.51. The third kappa shape index (κ3) is 4.19. The molecule has 8 heteroatoms. The summed E-state index contributed by atoms with van der Waals surface area (Å²) in [7, 11) is -1.23. The molecule has 1 atom stereocenters. The van der Waals surface area contributed by atoms with Crippen molar-refractivity contribution < 1.29 is 22.7 Å². The fourth-order valence-corrected chi connectivity index (χ4v) is 5.57. The number of ether oxygens (including phenoxy) is 2. The fourth-order valence-electron chi connectivity index (χ4n) is 3.83. The van der Waals surface area contributed by atoms with E-state index in [1.807, 2.05) is 30.3 Å². The van der Waals surface area contributed by atoms with Gasteiger partial charge in [-0.05, 0) is 41.8 Å². The first-order valence-corrected chi connectivity index (χ1v) is 11.5. The number of nitrogens with zero attached hydrogens (tertiary/aromatic N) is 1. The molecule has 3 aromatic rings. The van der Waals surface area contributed by atoms with Crippen LogP contribution in [0.4, 0.5) is 5.69 Å². The molecule has 7 nitrogen and oxygen atoms in total. The molecule has 4 rings (SSSR count). The Kier molecular flexibility index (Phi) is 6.16. The van der Waals surface area contributed by atoms with Gasteiger partial charge in [-0.3, -0.25) is 4.79 Å². The molecule has 0 spiro atoms. The van der Waals surface area contributed by atoms with Crippen molar-refractivity contribution in [2.24, 2.45) is 0 Å². The van der Waals surface area contributed by atoms with E-state index in [2.05, 4.69) is 5.32 Å². The van der Waals surface area contributed by atoms with E-state index < -0.39 is 22.0 Å². The zero-order valence-electron chi connectivity index (χ0n) is 17.8. The molecule has 1 aliphatic heterocycles. The second-order valence-corrected chi connectivity index (χ2v) is 9.27. The molecular weight excluding hydrogens is 428 g/mol. The summed E-state index contributed by atoms with van der Waals surface area (Å²) in [5.41, 5.74) is 2.42. The van der Waals surface area contributed by atoms with E-state index in [0.717, 1.165) is 11.1 Å². The lowest BCUT2D eigenvalue weighted by Crippen LogP contribution is -2.50. The molecule has 1 aliphatic rings. The summed E-state index contributed by atoms with van der Waals surface area (Å²) in [6, 6.07) is 20.2. The number of anilines is 1.